The molecule has 1 unspecified atom stereocenters. The van der Waals surface area contributed by atoms with E-state index in [0.717, 1.165) is 31.4 Å². The average Bonchev–Trinajstić information content (AvgIpc) is 3.28. The van der Waals surface area contributed by atoms with E-state index in [1.807, 2.05) is 32.0 Å². The van der Waals surface area contributed by atoms with Crippen molar-refractivity contribution in [3.63, 3.8) is 0 Å². The van der Waals surface area contributed by atoms with Gasteiger partial charge >= 0.3 is 5.69 Å². The molecule has 30 heavy (non-hydrogen) atoms. The lowest BCUT2D eigenvalue weighted by Crippen LogP contribution is -2.16. The van der Waals surface area contributed by atoms with Gasteiger partial charge in [-0.3, -0.25) is 0 Å². The smallest absolute Gasteiger partial charge is 0.348 e. The van der Waals surface area contributed by atoms with Crippen LogP contribution >= 0.6 is 0 Å². The van der Waals surface area contributed by atoms with E-state index in [2.05, 4.69) is 22.1 Å². The van der Waals surface area contributed by atoms with Crippen LogP contribution in [0.3, 0.4) is 0 Å². The highest BCUT2D eigenvalue weighted by Crippen LogP contribution is 2.35. The normalized spacial score (nSPS) is 15.7. The van der Waals surface area contributed by atoms with Crippen molar-refractivity contribution in [1.82, 2.24) is 19.7 Å². The molecule has 1 aliphatic rings. The summed E-state index contributed by atoms with van der Waals surface area (Å²) in [6, 6.07) is 7.07. The molecule has 0 amide bonds. The molecule has 2 aromatic heterocycles. The Hall–Kier alpha value is -3.13. The highest BCUT2D eigenvalue weighted by atomic mass is 16.5. The molecule has 0 fully saturated rings. The molecular weight excluding hydrogens is 384 g/mol. The number of ether oxygens (including phenoxy) is 1. The Morgan fingerprint density at radius 3 is 2.70 bits per heavy atom. The molecule has 4 rings (SSSR count). The molecule has 3 N–H and O–H groups in total. The molecule has 0 saturated heterocycles. The molecule has 1 aromatic carbocycles. The minimum atomic E-state index is -0.429. The number of aromatic amines is 1. The number of hydrogen-bond donors (Lipinski definition) is 3. The maximum absolute atomic E-state index is 12.6. The fourth-order valence-electron chi connectivity index (χ4n) is 3.90. The Labute approximate surface area is 174 Å². The van der Waals surface area contributed by atoms with E-state index < -0.39 is 5.69 Å². The zero-order valence-electron chi connectivity index (χ0n) is 17.3. The Morgan fingerprint density at radius 1 is 1.20 bits per heavy atom. The van der Waals surface area contributed by atoms with Crippen molar-refractivity contribution in [2.24, 2.45) is 0 Å². The Kier molecular flexibility index (Phi) is 5.34. The zero-order chi connectivity index (χ0) is 21.4. The van der Waals surface area contributed by atoms with Crippen molar-refractivity contribution in [2.45, 2.75) is 52.1 Å². The van der Waals surface area contributed by atoms with Crippen molar-refractivity contribution in [3.8, 4) is 28.7 Å². The van der Waals surface area contributed by atoms with Crippen LogP contribution in [0.5, 0.6) is 11.5 Å². The standard InChI is InChI=1S/C22H26N4O4/c1-4-7-30-16-9-13-5-6-15(8-14(13)10-16)26-21(24-25-22(26)29)20-18(28)11-17(27)19(23-20)12(2)3/h5-6,8,11-12,16,27-28H,4,7,9-10H2,1-3H3,(H,25,29). The fraction of sp³-hybridized carbons (Fsp3) is 0.409. The van der Waals surface area contributed by atoms with Gasteiger partial charge in [-0.1, -0.05) is 26.8 Å². The van der Waals surface area contributed by atoms with Crippen molar-refractivity contribution >= 4 is 0 Å². The number of nitrogens with one attached hydrogen (secondary N) is 1. The van der Waals surface area contributed by atoms with Crippen LogP contribution < -0.4 is 5.69 Å². The average molecular weight is 410 g/mol. The summed E-state index contributed by atoms with van der Waals surface area (Å²) in [5.74, 6) is -0.211. The molecule has 1 atom stereocenters. The van der Waals surface area contributed by atoms with Gasteiger partial charge in [-0.2, -0.15) is 5.10 Å². The molecular formula is C22H26N4O4. The molecule has 0 radical (unpaired) electrons. The highest BCUT2D eigenvalue weighted by molar-refractivity contribution is 5.63. The number of fused-ring (bicyclic) bond motifs is 1. The van der Waals surface area contributed by atoms with E-state index >= 15 is 0 Å². The summed E-state index contributed by atoms with van der Waals surface area (Å²) in [6.07, 6.45) is 2.80. The lowest BCUT2D eigenvalue weighted by atomic mass is 10.1. The van der Waals surface area contributed by atoms with Crippen LogP contribution in [-0.2, 0) is 17.6 Å². The maximum atomic E-state index is 12.6. The third kappa shape index (κ3) is 3.59. The van der Waals surface area contributed by atoms with E-state index in [1.165, 1.54) is 16.2 Å². The number of aromatic nitrogens is 4. The lowest BCUT2D eigenvalue weighted by Gasteiger charge is -2.12. The number of nitrogens with zero attached hydrogens (tertiary/aromatic N) is 3. The van der Waals surface area contributed by atoms with E-state index in [1.54, 1.807) is 0 Å². The molecule has 1 aliphatic carbocycles. The molecule has 8 nitrogen and oxygen atoms in total. The van der Waals surface area contributed by atoms with Gasteiger partial charge in [-0.25, -0.2) is 19.4 Å². The highest BCUT2D eigenvalue weighted by Gasteiger charge is 2.25. The quantitative estimate of drug-likeness (QED) is 0.576. The third-order valence-electron chi connectivity index (χ3n) is 5.34. The van der Waals surface area contributed by atoms with Crippen LogP contribution in [-0.4, -0.2) is 42.7 Å². The summed E-state index contributed by atoms with van der Waals surface area (Å²) in [5.41, 5.74) is 3.12. The Balaban J connectivity index is 1.76. The van der Waals surface area contributed by atoms with Crippen LogP contribution in [0, 0.1) is 0 Å². The molecule has 0 saturated carbocycles. The minimum absolute atomic E-state index is 0.0662. The van der Waals surface area contributed by atoms with Crippen molar-refractivity contribution in [1.29, 1.82) is 0 Å². The topological polar surface area (TPSA) is 113 Å². The Morgan fingerprint density at radius 2 is 1.97 bits per heavy atom. The summed E-state index contributed by atoms with van der Waals surface area (Å²) >= 11 is 0. The zero-order valence-corrected chi connectivity index (χ0v) is 17.3. The summed E-state index contributed by atoms with van der Waals surface area (Å²) in [7, 11) is 0. The molecule has 0 spiro atoms. The molecule has 8 heteroatoms. The SMILES string of the molecule is CCCOC1Cc2ccc(-n3c(-c4nc(C(C)C)c(O)cc4O)n[nH]c3=O)cc2C1. The van der Waals surface area contributed by atoms with Crippen LogP contribution in [0.1, 0.15) is 49.9 Å². The maximum Gasteiger partial charge on any atom is 0.348 e. The second-order valence-corrected chi connectivity index (χ2v) is 7.96. The van der Waals surface area contributed by atoms with E-state index in [9.17, 15) is 15.0 Å². The van der Waals surface area contributed by atoms with Gasteiger partial charge in [-0.05, 0) is 48.4 Å². The molecule has 2 heterocycles. The first kappa shape index (κ1) is 20.2. The van der Waals surface area contributed by atoms with Crippen molar-refractivity contribution in [3.05, 3.63) is 51.6 Å². The minimum Gasteiger partial charge on any atom is -0.506 e. The summed E-state index contributed by atoms with van der Waals surface area (Å²) in [5, 5.41) is 27.0. The van der Waals surface area contributed by atoms with Gasteiger partial charge in [0.15, 0.2) is 11.5 Å². The van der Waals surface area contributed by atoms with Crippen LogP contribution in [0.15, 0.2) is 29.1 Å². The summed E-state index contributed by atoms with van der Waals surface area (Å²) in [4.78, 5) is 17.0. The summed E-state index contributed by atoms with van der Waals surface area (Å²) < 4.78 is 7.28. The predicted molar refractivity (Wildman–Crippen MR) is 112 cm³/mol. The fourth-order valence-corrected chi connectivity index (χ4v) is 3.90. The first-order valence-electron chi connectivity index (χ1n) is 10.2. The van der Waals surface area contributed by atoms with E-state index in [4.69, 9.17) is 4.74 Å². The van der Waals surface area contributed by atoms with Gasteiger partial charge in [0, 0.05) is 12.7 Å². The number of benzene rings is 1. The summed E-state index contributed by atoms with van der Waals surface area (Å²) in [6.45, 7) is 6.60. The van der Waals surface area contributed by atoms with Crippen molar-refractivity contribution in [2.75, 3.05) is 6.61 Å². The lowest BCUT2D eigenvalue weighted by molar-refractivity contribution is 0.0612. The monoisotopic (exact) mass is 410 g/mol. The first-order chi connectivity index (χ1) is 14.4. The van der Waals surface area contributed by atoms with Gasteiger partial charge in [-0.15, -0.1) is 0 Å². The third-order valence-corrected chi connectivity index (χ3v) is 5.34. The van der Waals surface area contributed by atoms with Gasteiger partial charge in [0.2, 0.25) is 0 Å². The van der Waals surface area contributed by atoms with Gasteiger partial charge in [0.1, 0.15) is 11.5 Å². The second kappa shape index (κ2) is 7.95. The largest absolute Gasteiger partial charge is 0.506 e. The van der Waals surface area contributed by atoms with Gasteiger partial charge in [0.25, 0.3) is 0 Å². The van der Waals surface area contributed by atoms with Crippen LogP contribution in [0.25, 0.3) is 17.2 Å². The van der Waals surface area contributed by atoms with E-state index in [0.29, 0.717) is 11.4 Å². The first-order valence-corrected chi connectivity index (χ1v) is 10.2. The number of hydrogen-bond acceptors (Lipinski definition) is 6. The number of aromatic hydroxyl groups is 2. The molecule has 0 bridgehead atoms. The van der Waals surface area contributed by atoms with Crippen LogP contribution in [0.4, 0.5) is 0 Å². The van der Waals surface area contributed by atoms with E-state index in [-0.39, 0.29) is 35.0 Å². The van der Waals surface area contributed by atoms with Crippen LogP contribution in [0.2, 0.25) is 0 Å². The number of rotatable bonds is 6. The molecule has 0 aliphatic heterocycles. The number of H-pyrrole nitrogens is 1. The number of pyridine rings is 1. The molecule has 158 valence electrons. The van der Waals surface area contributed by atoms with Crippen molar-refractivity contribution < 1.29 is 14.9 Å². The Bertz CT molecular complexity index is 1130. The second-order valence-electron chi connectivity index (χ2n) is 7.96. The molecule has 3 aromatic rings. The predicted octanol–water partition coefficient (Wildman–Crippen LogP) is 3.05. The van der Waals surface area contributed by atoms with Gasteiger partial charge < -0.3 is 14.9 Å². The van der Waals surface area contributed by atoms with Gasteiger partial charge in [0.05, 0.1) is 17.5 Å².